The van der Waals surface area contributed by atoms with Gasteiger partial charge in [-0.25, -0.2) is 0 Å². The predicted molar refractivity (Wildman–Crippen MR) is 116 cm³/mol. The molecule has 1 unspecified atom stereocenters. The average Bonchev–Trinajstić information content (AvgIpc) is 2.79. The van der Waals surface area contributed by atoms with Crippen molar-refractivity contribution in [1.82, 2.24) is 4.90 Å². The molecule has 3 aromatic rings. The zero-order valence-corrected chi connectivity index (χ0v) is 16.9. The molecule has 0 spiro atoms. The second-order valence-corrected chi connectivity index (χ2v) is 7.92. The van der Waals surface area contributed by atoms with Crippen molar-refractivity contribution in [3.63, 3.8) is 0 Å². The Morgan fingerprint density at radius 2 is 1.90 bits per heavy atom. The van der Waals surface area contributed by atoms with E-state index in [9.17, 15) is 14.4 Å². The maximum Gasteiger partial charge on any atom is 0.291 e. The lowest BCUT2D eigenvalue weighted by molar-refractivity contribution is 0.0548. The summed E-state index contributed by atoms with van der Waals surface area (Å²) in [5.74, 6) is -0.205. The summed E-state index contributed by atoms with van der Waals surface area (Å²) in [6.45, 7) is 1.29. The van der Waals surface area contributed by atoms with Crippen molar-refractivity contribution in [1.29, 1.82) is 0 Å². The van der Waals surface area contributed by atoms with E-state index in [0.717, 1.165) is 32.2 Å². The van der Waals surface area contributed by atoms with E-state index in [1.54, 1.807) is 42.5 Å². The van der Waals surface area contributed by atoms with Crippen LogP contribution >= 0.6 is 0 Å². The van der Waals surface area contributed by atoms with E-state index in [2.05, 4.69) is 5.32 Å². The summed E-state index contributed by atoms with van der Waals surface area (Å²) < 4.78 is 11.4. The number of ether oxygens (including phenoxy) is 1. The fourth-order valence-corrected chi connectivity index (χ4v) is 4.34. The molecule has 0 saturated carbocycles. The number of hydrogen-bond donors (Lipinski definition) is 1. The third-order valence-corrected chi connectivity index (χ3v) is 5.92. The highest BCUT2D eigenvalue weighted by Crippen LogP contribution is 2.31. The summed E-state index contributed by atoms with van der Waals surface area (Å²) in [6.07, 6.45) is 3.93. The first-order valence-electron chi connectivity index (χ1n) is 10.5. The first-order valence-corrected chi connectivity index (χ1v) is 10.5. The molecule has 7 heteroatoms. The molecule has 0 bridgehead atoms. The Morgan fingerprint density at radius 3 is 2.81 bits per heavy atom. The van der Waals surface area contributed by atoms with Gasteiger partial charge in [0, 0.05) is 30.8 Å². The molecule has 2 aliphatic heterocycles. The van der Waals surface area contributed by atoms with Crippen LogP contribution in [0.1, 0.15) is 46.6 Å². The maximum atomic E-state index is 13.2. The Balaban J connectivity index is 1.44. The third-order valence-electron chi connectivity index (χ3n) is 5.92. The van der Waals surface area contributed by atoms with Gasteiger partial charge in [-0.1, -0.05) is 12.1 Å². The molecule has 2 aliphatic rings. The number of para-hydroxylation sites is 1. The molecule has 3 heterocycles. The molecule has 1 saturated heterocycles. The average molecular weight is 418 g/mol. The van der Waals surface area contributed by atoms with Gasteiger partial charge in [0.05, 0.1) is 17.6 Å². The van der Waals surface area contributed by atoms with Crippen molar-refractivity contribution < 1.29 is 18.7 Å². The first kappa shape index (κ1) is 19.4. The molecule has 1 atom stereocenters. The SMILES string of the molecule is O=C(Nc1ccc2c(c1)C(=O)N1CCCCC1CCO2)c1cc(=O)c2ccccc2o1. The number of piperidine rings is 1. The van der Waals surface area contributed by atoms with Crippen LogP contribution in [0.4, 0.5) is 5.69 Å². The second kappa shape index (κ2) is 7.91. The Bertz CT molecular complexity index is 1230. The van der Waals surface area contributed by atoms with Gasteiger partial charge in [-0.15, -0.1) is 0 Å². The summed E-state index contributed by atoms with van der Waals surface area (Å²) >= 11 is 0. The number of anilines is 1. The van der Waals surface area contributed by atoms with Gasteiger partial charge in [0.1, 0.15) is 11.3 Å². The minimum absolute atomic E-state index is 0.0762. The van der Waals surface area contributed by atoms with Gasteiger partial charge in [0.25, 0.3) is 11.8 Å². The topological polar surface area (TPSA) is 88.9 Å². The van der Waals surface area contributed by atoms with Gasteiger partial charge in [0.2, 0.25) is 0 Å². The molecular weight excluding hydrogens is 396 g/mol. The van der Waals surface area contributed by atoms with Gasteiger partial charge < -0.3 is 19.4 Å². The number of hydrogen-bond acceptors (Lipinski definition) is 5. The van der Waals surface area contributed by atoms with Crippen LogP contribution in [0.2, 0.25) is 0 Å². The molecular formula is C24H22N2O5. The minimum Gasteiger partial charge on any atom is -0.493 e. The molecule has 1 N–H and O–H groups in total. The largest absolute Gasteiger partial charge is 0.493 e. The Kier molecular flexibility index (Phi) is 4.94. The van der Waals surface area contributed by atoms with E-state index < -0.39 is 5.91 Å². The quantitative estimate of drug-likeness (QED) is 0.683. The van der Waals surface area contributed by atoms with E-state index >= 15 is 0 Å². The molecule has 5 rings (SSSR count). The van der Waals surface area contributed by atoms with Crippen molar-refractivity contribution in [2.75, 3.05) is 18.5 Å². The van der Waals surface area contributed by atoms with E-state index in [4.69, 9.17) is 9.15 Å². The van der Waals surface area contributed by atoms with E-state index in [-0.39, 0.29) is 23.1 Å². The number of benzene rings is 2. The minimum atomic E-state index is -0.558. The van der Waals surface area contributed by atoms with Crippen molar-refractivity contribution in [2.24, 2.45) is 0 Å². The highest BCUT2D eigenvalue weighted by molar-refractivity contribution is 6.04. The lowest BCUT2D eigenvalue weighted by Gasteiger charge is -2.37. The van der Waals surface area contributed by atoms with Crippen LogP contribution in [0.15, 0.2) is 57.7 Å². The van der Waals surface area contributed by atoms with Crippen LogP contribution in [0.25, 0.3) is 11.0 Å². The lowest BCUT2D eigenvalue weighted by atomic mass is 9.97. The number of carbonyl (C=O) groups is 2. The zero-order chi connectivity index (χ0) is 21.4. The van der Waals surface area contributed by atoms with Crippen LogP contribution in [0, 0.1) is 0 Å². The Morgan fingerprint density at radius 1 is 1.03 bits per heavy atom. The molecule has 1 aromatic heterocycles. The standard InChI is InChI=1S/C24H22N2O5/c27-19-14-22(31-21-7-2-1-6-17(19)21)23(28)25-15-8-9-20-18(13-15)24(29)26-11-4-3-5-16(26)10-12-30-20/h1-2,6-9,13-14,16H,3-5,10-12H2,(H,25,28). The summed E-state index contributed by atoms with van der Waals surface area (Å²) in [4.78, 5) is 40.2. The molecule has 31 heavy (non-hydrogen) atoms. The molecule has 158 valence electrons. The van der Waals surface area contributed by atoms with Crippen molar-refractivity contribution in [3.8, 4) is 5.75 Å². The first-order chi connectivity index (χ1) is 15.1. The van der Waals surface area contributed by atoms with Gasteiger partial charge in [-0.2, -0.15) is 0 Å². The summed E-state index contributed by atoms with van der Waals surface area (Å²) in [5, 5.41) is 3.15. The fourth-order valence-electron chi connectivity index (χ4n) is 4.34. The van der Waals surface area contributed by atoms with Crippen molar-refractivity contribution >= 4 is 28.5 Å². The van der Waals surface area contributed by atoms with Crippen LogP contribution in [-0.2, 0) is 0 Å². The van der Waals surface area contributed by atoms with E-state index in [1.165, 1.54) is 6.07 Å². The van der Waals surface area contributed by atoms with Crippen LogP contribution in [-0.4, -0.2) is 35.9 Å². The number of carbonyl (C=O) groups excluding carboxylic acids is 2. The van der Waals surface area contributed by atoms with Gasteiger partial charge >= 0.3 is 0 Å². The zero-order valence-electron chi connectivity index (χ0n) is 16.9. The van der Waals surface area contributed by atoms with E-state index in [1.807, 2.05) is 4.90 Å². The van der Waals surface area contributed by atoms with Crippen molar-refractivity contribution in [3.05, 3.63) is 70.1 Å². The van der Waals surface area contributed by atoms with Crippen molar-refractivity contribution in [2.45, 2.75) is 31.7 Å². The summed E-state index contributed by atoms with van der Waals surface area (Å²) in [6, 6.07) is 13.1. The van der Waals surface area contributed by atoms with Gasteiger partial charge in [0.15, 0.2) is 11.2 Å². The van der Waals surface area contributed by atoms with E-state index in [0.29, 0.717) is 34.6 Å². The Labute approximate surface area is 178 Å². The number of nitrogens with one attached hydrogen (secondary N) is 1. The van der Waals surface area contributed by atoms with Gasteiger partial charge in [-0.05, 0) is 49.6 Å². The fraction of sp³-hybridized carbons (Fsp3) is 0.292. The third kappa shape index (κ3) is 3.67. The second-order valence-electron chi connectivity index (χ2n) is 7.92. The van der Waals surface area contributed by atoms with Gasteiger partial charge in [-0.3, -0.25) is 14.4 Å². The molecule has 0 aliphatic carbocycles. The number of nitrogens with zero attached hydrogens (tertiary/aromatic N) is 1. The number of fused-ring (bicyclic) bond motifs is 3. The molecule has 1 fully saturated rings. The normalized spacial score (nSPS) is 18.4. The summed E-state index contributed by atoms with van der Waals surface area (Å²) in [7, 11) is 0. The molecule has 0 radical (unpaired) electrons. The van der Waals surface area contributed by atoms with Crippen LogP contribution in [0.5, 0.6) is 5.75 Å². The summed E-state index contributed by atoms with van der Waals surface area (Å²) in [5.41, 5.74) is 0.929. The van der Waals surface area contributed by atoms with Crippen LogP contribution in [0.3, 0.4) is 0 Å². The van der Waals surface area contributed by atoms with Crippen LogP contribution < -0.4 is 15.5 Å². The molecule has 7 nitrogen and oxygen atoms in total. The smallest absolute Gasteiger partial charge is 0.291 e. The number of amides is 2. The lowest BCUT2D eigenvalue weighted by Crippen LogP contribution is -2.45. The maximum absolute atomic E-state index is 13.2. The highest BCUT2D eigenvalue weighted by atomic mass is 16.5. The molecule has 2 amide bonds. The monoisotopic (exact) mass is 418 g/mol. The number of rotatable bonds is 2. The predicted octanol–water partition coefficient (Wildman–Crippen LogP) is 3.82. The highest BCUT2D eigenvalue weighted by Gasteiger charge is 2.31. The molecule has 2 aromatic carbocycles. The Hall–Kier alpha value is -3.61.